The van der Waals surface area contributed by atoms with Crippen molar-refractivity contribution in [3.8, 4) is 0 Å². The van der Waals surface area contributed by atoms with Crippen molar-refractivity contribution in [2.75, 3.05) is 13.1 Å². The van der Waals surface area contributed by atoms with Gasteiger partial charge < -0.3 is 0 Å². The molecule has 2 aliphatic rings. The Morgan fingerprint density at radius 1 is 1.08 bits per heavy atom. The van der Waals surface area contributed by atoms with Gasteiger partial charge in [-0.15, -0.1) is 0 Å². The average molecular weight is 325 g/mol. The minimum Gasteiger partial charge on any atom is -0.299 e. The van der Waals surface area contributed by atoms with Crippen molar-refractivity contribution >= 4 is 0 Å². The van der Waals surface area contributed by atoms with Crippen LogP contribution in [-0.4, -0.2) is 37.5 Å². The maximum absolute atomic E-state index is 11.8. The molecule has 1 aliphatic heterocycles. The Kier molecular flexibility index (Phi) is 4.38. The highest BCUT2D eigenvalue weighted by molar-refractivity contribution is 5.10. The number of piperidine rings is 1. The number of rotatable bonds is 5. The Morgan fingerprint density at radius 3 is 2.67 bits per heavy atom. The van der Waals surface area contributed by atoms with Crippen LogP contribution < -0.4 is 5.56 Å². The predicted molar refractivity (Wildman–Crippen MR) is 90.5 cm³/mol. The SMILES string of the molecule is O=c1ccncn1CC1CCN(Cc2ccnc(C3CC3)n2)CC1. The average Bonchev–Trinajstić information content (AvgIpc) is 3.44. The van der Waals surface area contributed by atoms with Crippen molar-refractivity contribution in [1.29, 1.82) is 0 Å². The van der Waals surface area contributed by atoms with Crippen molar-refractivity contribution in [2.45, 2.75) is 44.7 Å². The lowest BCUT2D eigenvalue weighted by atomic mass is 9.96. The summed E-state index contributed by atoms with van der Waals surface area (Å²) in [5, 5.41) is 0. The highest BCUT2D eigenvalue weighted by Crippen LogP contribution is 2.37. The molecule has 0 aromatic carbocycles. The first-order valence-corrected chi connectivity index (χ1v) is 8.82. The standard InChI is InChI=1S/C18H23N5O/c24-17-4-7-19-13-23(17)11-14-5-9-22(10-6-14)12-16-3-8-20-18(21-16)15-1-2-15/h3-4,7-8,13-15H,1-2,5-6,9-12H2. The molecule has 0 radical (unpaired) electrons. The van der Waals surface area contributed by atoms with E-state index < -0.39 is 0 Å². The van der Waals surface area contributed by atoms with Gasteiger partial charge in [-0.1, -0.05) is 0 Å². The van der Waals surface area contributed by atoms with E-state index in [-0.39, 0.29) is 5.56 Å². The van der Waals surface area contributed by atoms with Crippen LogP contribution in [0.5, 0.6) is 0 Å². The molecule has 3 heterocycles. The Labute approximate surface area is 141 Å². The molecule has 2 aromatic heterocycles. The van der Waals surface area contributed by atoms with Crippen LogP contribution >= 0.6 is 0 Å². The minimum atomic E-state index is 0.0426. The topological polar surface area (TPSA) is 63.9 Å². The summed E-state index contributed by atoms with van der Waals surface area (Å²) in [6, 6.07) is 3.56. The first-order valence-electron chi connectivity index (χ1n) is 8.82. The summed E-state index contributed by atoms with van der Waals surface area (Å²) >= 11 is 0. The molecule has 0 bridgehead atoms. The molecule has 0 amide bonds. The van der Waals surface area contributed by atoms with Crippen LogP contribution in [0.3, 0.4) is 0 Å². The van der Waals surface area contributed by atoms with E-state index in [1.54, 1.807) is 17.1 Å². The van der Waals surface area contributed by atoms with Crippen molar-refractivity contribution in [3.63, 3.8) is 0 Å². The van der Waals surface area contributed by atoms with Crippen LogP contribution in [0.1, 0.15) is 43.1 Å². The summed E-state index contributed by atoms with van der Waals surface area (Å²) in [5.74, 6) is 2.18. The number of nitrogens with zero attached hydrogens (tertiary/aromatic N) is 5. The second kappa shape index (κ2) is 6.81. The van der Waals surface area contributed by atoms with Crippen molar-refractivity contribution in [1.82, 2.24) is 24.4 Å². The second-order valence-corrected chi connectivity index (χ2v) is 6.97. The molecule has 0 unspecified atom stereocenters. The van der Waals surface area contributed by atoms with Gasteiger partial charge >= 0.3 is 0 Å². The van der Waals surface area contributed by atoms with E-state index in [0.29, 0.717) is 11.8 Å². The Morgan fingerprint density at radius 2 is 1.92 bits per heavy atom. The molecular formula is C18H23N5O. The fourth-order valence-corrected chi connectivity index (χ4v) is 3.39. The molecule has 126 valence electrons. The van der Waals surface area contributed by atoms with Gasteiger partial charge in [0.15, 0.2) is 0 Å². The first kappa shape index (κ1) is 15.4. The summed E-state index contributed by atoms with van der Waals surface area (Å²) in [5.41, 5.74) is 1.18. The molecule has 0 N–H and O–H groups in total. The van der Waals surface area contributed by atoms with Crippen molar-refractivity contribution < 1.29 is 0 Å². The number of aromatic nitrogens is 4. The van der Waals surface area contributed by atoms with Gasteiger partial charge in [-0.25, -0.2) is 15.0 Å². The Bertz CT molecular complexity index is 747. The summed E-state index contributed by atoms with van der Waals surface area (Å²) in [6.07, 6.45) is 9.81. The van der Waals surface area contributed by atoms with Crippen LogP contribution in [0.15, 0.2) is 35.6 Å². The lowest BCUT2D eigenvalue weighted by Gasteiger charge is -2.31. The lowest BCUT2D eigenvalue weighted by molar-refractivity contribution is 0.164. The van der Waals surface area contributed by atoms with Crippen LogP contribution in [0, 0.1) is 5.92 Å². The van der Waals surface area contributed by atoms with E-state index in [0.717, 1.165) is 50.5 Å². The second-order valence-electron chi connectivity index (χ2n) is 6.97. The van der Waals surface area contributed by atoms with Gasteiger partial charge in [0, 0.05) is 37.5 Å². The zero-order valence-corrected chi connectivity index (χ0v) is 13.8. The number of hydrogen-bond acceptors (Lipinski definition) is 5. The Hall–Kier alpha value is -2.08. The zero-order valence-electron chi connectivity index (χ0n) is 13.8. The van der Waals surface area contributed by atoms with Gasteiger partial charge in [-0.3, -0.25) is 14.3 Å². The molecule has 4 rings (SSSR count). The molecule has 2 aromatic rings. The molecule has 1 aliphatic carbocycles. The first-order chi connectivity index (χ1) is 11.8. The van der Waals surface area contributed by atoms with Crippen molar-refractivity contribution in [3.05, 3.63) is 52.7 Å². The number of hydrogen-bond donors (Lipinski definition) is 0. The molecule has 24 heavy (non-hydrogen) atoms. The quantitative estimate of drug-likeness (QED) is 0.839. The smallest absolute Gasteiger partial charge is 0.253 e. The highest BCUT2D eigenvalue weighted by Gasteiger charge is 2.27. The highest BCUT2D eigenvalue weighted by atomic mass is 16.1. The van der Waals surface area contributed by atoms with Crippen LogP contribution in [0.25, 0.3) is 0 Å². The van der Waals surface area contributed by atoms with Gasteiger partial charge in [0.2, 0.25) is 0 Å². The molecule has 1 saturated heterocycles. The molecule has 6 nitrogen and oxygen atoms in total. The molecule has 6 heteroatoms. The monoisotopic (exact) mass is 325 g/mol. The maximum atomic E-state index is 11.8. The van der Waals surface area contributed by atoms with Crippen LogP contribution in [0.4, 0.5) is 0 Å². The maximum Gasteiger partial charge on any atom is 0.253 e. The summed E-state index contributed by atoms with van der Waals surface area (Å²) in [7, 11) is 0. The third kappa shape index (κ3) is 3.70. The summed E-state index contributed by atoms with van der Waals surface area (Å²) < 4.78 is 1.73. The van der Waals surface area contributed by atoms with Crippen LogP contribution in [0.2, 0.25) is 0 Å². The third-order valence-corrected chi connectivity index (χ3v) is 5.01. The summed E-state index contributed by atoms with van der Waals surface area (Å²) in [4.78, 5) is 27.4. The van der Waals surface area contributed by atoms with Gasteiger partial charge in [-0.2, -0.15) is 0 Å². The predicted octanol–water partition coefficient (Wildman–Crippen LogP) is 1.82. The fourth-order valence-electron chi connectivity index (χ4n) is 3.39. The van der Waals surface area contributed by atoms with E-state index >= 15 is 0 Å². The molecule has 0 spiro atoms. The van der Waals surface area contributed by atoms with Crippen LogP contribution in [-0.2, 0) is 13.1 Å². The van der Waals surface area contributed by atoms with E-state index in [9.17, 15) is 4.79 Å². The van der Waals surface area contributed by atoms with Gasteiger partial charge in [0.25, 0.3) is 5.56 Å². The minimum absolute atomic E-state index is 0.0426. The lowest BCUT2D eigenvalue weighted by Crippen LogP contribution is -2.36. The molecular weight excluding hydrogens is 302 g/mol. The Balaban J connectivity index is 1.31. The van der Waals surface area contributed by atoms with Gasteiger partial charge in [0.1, 0.15) is 5.82 Å². The zero-order chi connectivity index (χ0) is 16.4. The van der Waals surface area contributed by atoms with Gasteiger partial charge in [0.05, 0.1) is 12.0 Å². The van der Waals surface area contributed by atoms with E-state index in [4.69, 9.17) is 4.98 Å². The van der Waals surface area contributed by atoms with E-state index in [1.807, 2.05) is 12.3 Å². The summed E-state index contributed by atoms with van der Waals surface area (Å²) in [6.45, 7) is 3.80. The largest absolute Gasteiger partial charge is 0.299 e. The van der Waals surface area contributed by atoms with E-state index in [2.05, 4.69) is 14.9 Å². The van der Waals surface area contributed by atoms with Crippen molar-refractivity contribution in [2.24, 2.45) is 5.92 Å². The molecule has 1 saturated carbocycles. The fraction of sp³-hybridized carbons (Fsp3) is 0.556. The number of likely N-dealkylation sites (tertiary alicyclic amines) is 1. The molecule has 2 fully saturated rings. The normalized spacial score (nSPS) is 19.5. The van der Waals surface area contributed by atoms with Gasteiger partial charge in [-0.05, 0) is 50.8 Å². The van der Waals surface area contributed by atoms with E-state index in [1.165, 1.54) is 18.9 Å². The third-order valence-electron chi connectivity index (χ3n) is 5.01. The molecule has 0 atom stereocenters.